The van der Waals surface area contributed by atoms with Crippen molar-refractivity contribution in [2.45, 2.75) is 6.04 Å². The molecule has 0 saturated heterocycles. The van der Waals surface area contributed by atoms with Gasteiger partial charge in [-0.15, -0.1) is 6.42 Å². The maximum Gasteiger partial charge on any atom is 0.0898 e. The summed E-state index contributed by atoms with van der Waals surface area (Å²) >= 11 is 0. The lowest BCUT2D eigenvalue weighted by atomic mass is 10.4. The van der Waals surface area contributed by atoms with Gasteiger partial charge in [-0.1, -0.05) is 5.92 Å². The van der Waals surface area contributed by atoms with Crippen molar-refractivity contribution >= 4 is 0 Å². The van der Waals surface area contributed by atoms with Gasteiger partial charge in [-0.25, -0.2) is 0 Å². The second-order valence-electron chi connectivity index (χ2n) is 1.23. The minimum atomic E-state index is -0.245. The number of hydrogen-bond donors (Lipinski definition) is 1. The Morgan fingerprint density at radius 3 is 2.71 bits per heavy atom. The van der Waals surface area contributed by atoms with Crippen molar-refractivity contribution in [1.29, 1.82) is 0 Å². The number of rotatable bonds is 2. The van der Waals surface area contributed by atoms with E-state index in [4.69, 9.17) is 12.2 Å². The molecular formula is C5H9NO. The molecule has 0 rings (SSSR count). The molecule has 0 bridgehead atoms. The van der Waals surface area contributed by atoms with Crippen LogP contribution in [0.4, 0.5) is 0 Å². The molecule has 0 aromatic carbocycles. The van der Waals surface area contributed by atoms with Crippen LogP contribution in [0.2, 0.25) is 0 Å². The average molecular weight is 99.1 g/mol. The fraction of sp³-hybridized carbons (Fsp3) is 0.600. The molecule has 0 aromatic rings. The second-order valence-corrected chi connectivity index (χ2v) is 1.23. The van der Waals surface area contributed by atoms with E-state index in [1.807, 2.05) is 0 Å². The van der Waals surface area contributed by atoms with Gasteiger partial charge < -0.3 is 10.5 Å². The van der Waals surface area contributed by atoms with E-state index in [0.29, 0.717) is 6.61 Å². The number of hydrogen-bond acceptors (Lipinski definition) is 2. The van der Waals surface area contributed by atoms with Crippen molar-refractivity contribution in [1.82, 2.24) is 0 Å². The molecule has 0 heterocycles. The molecule has 0 aliphatic heterocycles. The van der Waals surface area contributed by atoms with Crippen molar-refractivity contribution in [3.8, 4) is 12.3 Å². The highest BCUT2D eigenvalue weighted by Gasteiger charge is 1.90. The summed E-state index contributed by atoms with van der Waals surface area (Å²) in [5.74, 6) is 2.32. The van der Waals surface area contributed by atoms with Crippen LogP contribution < -0.4 is 5.73 Å². The number of ether oxygens (including phenoxy) is 1. The highest BCUT2D eigenvalue weighted by Crippen LogP contribution is 1.72. The molecule has 0 unspecified atom stereocenters. The molecule has 1 atom stereocenters. The highest BCUT2D eigenvalue weighted by molar-refractivity contribution is 4.96. The van der Waals surface area contributed by atoms with Crippen LogP contribution in [-0.2, 0) is 4.74 Å². The van der Waals surface area contributed by atoms with Gasteiger partial charge in [0.1, 0.15) is 0 Å². The third-order valence-electron chi connectivity index (χ3n) is 0.560. The first-order chi connectivity index (χ1) is 3.31. The molecule has 0 fully saturated rings. The van der Waals surface area contributed by atoms with Gasteiger partial charge in [0, 0.05) is 7.11 Å². The van der Waals surface area contributed by atoms with E-state index in [1.165, 1.54) is 0 Å². The Morgan fingerprint density at radius 2 is 2.57 bits per heavy atom. The van der Waals surface area contributed by atoms with Crippen LogP contribution in [0.15, 0.2) is 0 Å². The molecule has 0 amide bonds. The monoisotopic (exact) mass is 99.1 g/mol. The third kappa shape index (κ3) is 3.31. The van der Waals surface area contributed by atoms with Gasteiger partial charge in [-0.05, 0) is 0 Å². The Hall–Kier alpha value is -0.520. The summed E-state index contributed by atoms with van der Waals surface area (Å²) in [6.45, 7) is 0.441. The van der Waals surface area contributed by atoms with E-state index in [9.17, 15) is 0 Å². The number of terminal acetylenes is 1. The zero-order chi connectivity index (χ0) is 5.70. The molecule has 2 N–H and O–H groups in total. The van der Waals surface area contributed by atoms with Crippen LogP contribution in [0.3, 0.4) is 0 Å². The van der Waals surface area contributed by atoms with Crippen molar-refractivity contribution in [3.63, 3.8) is 0 Å². The van der Waals surface area contributed by atoms with Gasteiger partial charge in [-0.3, -0.25) is 0 Å². The zero-order valence-electron chi connectivity index (χ0n) is 4.35. The molecular weight excluding hydrogens is 90.1 g/mol. The molecule has 2 heteroatoms. The van der Waals surface area contributed by atoms with E-state index in [1.54, 1.807) is 7.11 Å². The van der Waals surface area contributed by atoms with E-state index < -0.39 is 0 Å². The van der Waals surface area contributed by atoms with Crippen LogP contribution in [0, 0.1) is 12.3 Å². The summed E-state index contributed by atoms with van der Waals surface area (Å²) in [6.07, 6.45) is 4.90. The zero-order valence-corrected chi connectivity index (χ0v) is 4.35. The molecule has 0 spiro atoms. The van der Waals surface area contributed by atoms with Crippen LogP contribution in [0.25, 0.3) is 0 Å². The first-order valence-corrected chi connectivity index (χ1v) is 2.02. The predicted molar refractivity (Wildman–Crippen MR) is 28.7 cm³/mol. The normalized spacial score (nSPS) is 12.7. The summed E-state index contributed by atoms with van der Waals surface area (Å²) in [5.41, 5.74) is 5.22. The van der Waals surface area contributed by atoms with Gasteiger partial charge in [-0.2, -0.15) is 0 Å². The van der Waals surface area contributed by atoms with Gasteiger partial charge in [0.15, 0.2) is 0 Å². The molecule has 0 aliphatic carbocycles. The Labute approximate surface area is 43.7 Å². The lowest BCUT2D eigenvalue weighted by molar-refractivity contribution is 0.194. The van der Waals surface area contributed by atoms with E-state index in [-0.39, 0.29) is 6.04 Å². The largest absolute Gasteiger partial charge is 0.382 e. The van der Waals surface area contributed by atoms with Crippen LogP contribution >= 0.6 is 0 Å². The fourth-order valence-corrected chi connectivity index (χ4v) is 0.228. The lowest BCUT2D eigenvalue weighted by Crippen LogP contribution is -2.22. The first-order valence-electron chi connectivity index (χ1n) is 2.02. The fourth-order valence-electron chi connectivity index (χ4n) is 0.228. The summed E-state index contributed by atoms with van der Waals surface area (Å²) in [6, 6.07) is -0.245. The lowest BCUT2D eigenvalue weighted by Gasteiger charge is -1.98. The number of methoxy groups -OCH3 is 1. The molecule has 0 radical (unpaired) electrons. The Balaban J connectivity index is 3.04. The Morgan fingerprint density at radius 1 is 2.00 bits per heavy atom. The van der Waals surface area contributed by atoms with Crippen molar-refractivity contribution in [3.05, 3.63) is 0 Å². The van der Waals surface area contributed by atoms with E-state index in [0.717, 1.165) is 0 Å². The van der Waals surface area contributed by atoms with Gasteiger partial charge in [0.2, 0.25) is 0 Å². The molecule has 0 aliphatic rings. The standard InChI is InChI=1S/C5H9NO/c1-3-5(6)4-7-2/h1,5H,4,6H2,2H3/t5-/m1/s1. The molecule has 0 aromatic heterocycles. The number of nitrogens with two attached hydrogens (primary N) is 1. The third-order valence-corrected chi connectivity index (χ3v) is 0.560. The van der Waals surface area contributed by atoms with Gasteiger partial charge >= 0.3 is 0 Å². The predicted octanol–water partition coefficient (Wildman–Crippen LogP) is -0.407. The second kappa shape index (κ2) is 3.66. The summed E-state index contributed by atoms with van der Waals surface area (Å²) in [7, 11) is 1.57. The van der Waals surface area contributed by atoms with E-state index in [2.05, 4.69) is 10.7 Å². The highest BCUT2D eigenvalue weighted by atomic mass is 16.5. The van der Waals surface area contributed by atoms with Crippen LogP contribution in [0.5, 0.6) is 0 Å². The maximum atomic E-state index is 5.22. The van der Waals surface area contributed by atoms with E-state index >= 15 is 0 Å². The Kier molecular flexibility index (Phi) is 3.39. The van der Waals surface area contributed by atoms with Crippen LogP contribution in [-0.4, -0.2) is 19.8 Å². The first kappa shape index (κ1) is 6.48. The quantitative estimate of drug-likeness (QED) is 0.478. The van der Waals surface area contributed by atoms with Gasteiger partial charge in [0.05, 0.1) is 12.6 Å². The van der Waals surface area contributed by atoms with Crippen LogP contribution in [0.1, 0.15) is 0 Å². The topological polar surface area (TPSA) is 35.2 Å². The molecule has 0 saturated carbocycles. The smallest absolute Gasteiger partial charge is 0.0898 e. The maximum absolute atomic E-state index is 5.22. The summed E-state index contributed by atoms with van der Waals surface area (Å²) in [4.78, 5) is 0. The Bertz CT molecular complexity index is 74.6. The SMILES string of the molecule is C#C[C@@H](N)COC. The molecule has 7 heavy (non-hydrogen) atoms. The van der Waals surface area contributed by atoms with Gasteiger partial charge in [0.25, 0.3) is 0 Å². The molecule has 2 nitrogen and oxygen atoms in total. The average Bonchev–Trinajstić information content (AvgIpc) is 1.68. The summed E-state index contributed by atoms with van der Waals surface area (Å²) in [5, 5.41) is 0. The van der Waals surface area contributed by atoms with Crippen molar-refractivity contribution in [2.75, 3.05) is 13.7 Å². The van der Waals surface area contributed by atoms with Crippen molar-refractivity contribution < 1.29 is 4.74 Å². The minimum absolute atomic E-state index is 0.245. The molecule has 40 valence electrons. The van der Waals surface area contributed by atoms with Crippen molar-refractivity contribution in [2.24, 2.45) is 5.73 Å². The summed E-state index contributed by atoms with van der Waals surface area (Å²) < 4.78 is 4.63. The minimum Gasteiger partial charge on any atom is -0.382 e.